The van der Waals surface area contributed by atoms with Gasteiger partial charge in [0.25, 0.3) is 0 Å². The lowest BCUT2D eigenvalue weighted by Gasteiger charge is -2.39. The third kappa shape index (κ3) is 4.48. The Morgan fingerprint density at radius 2 is 1.81 bits per heavy atom. The third-order valence-corrected chi connectivity index (χ3v) is 4.30. The summed E-state index contributed by atoms with van der Waals surface area (Å²) in [5.74, 6) is -1.60. The van der Waals surface area contributed by atoms with E-state index >= 15 is 0 Å². The zero-order valence-electron chi connectivity index (χ0n) is 13.5. The molecule has 1 aromatic carbocycles. The summed E-state index contributed by atoms with van der Waals surface area (Å²) >= 11 is 0. The highest BCUT2D eigenvalue weighted by Crippen LogP contribution is 2.27. The monoisotopic (exact) mass is 299 g/mol. The van der Waals surface area contributed by atoms with Crippen LogP contribution in [0.4, 0.5) is 8.78 Å². The molecule has 2 nitrogen and oxygen atoms in total. The van der Waals surface area contributed by atoms with E-state index in [0.717, 1.165) is 31.4 Å². The summed E-state index contributed by atoms with van der Waals surface area (Å²) in [6.07, 6.45) is 3.37. The number of hydrogen-bond acceptors (Lipinski definition) is 2. The van der Waals surface area contributed by atoms with Gasteiger partial charge in [-0.3, -0.25) is 0 Å². The molecule has 1 unspecified atom stereocenters. The van der Waals surface area contributed by atoms with Gasteiger partial charge in [0, 0.05) is 13.2 Å². The van der Waals surface area contributed by atoms with Gasteiger partial charge in [-0.2, -0.15) is 0 Å². The van der Waals surface area contributed by atoms with Crippen LogP contribution in [0, 0.1) is 11.6 Å². The Bertz CT molecular complexity index is 425. The lowest BCUT2D eigenvalue weighted by Crippen LogP contribution is -2.53. The smallest absolute Gasteiger partial charge is 0.159 e. The standard InChI is InChI=1S/C17H27F2NO/c1-5-10-20-16(17(6-2,7-3)21-4)12-13-8-9-14(18)15(19)11-13/h8-9,11,16,20H,5-7,10,12H2,1-4H3. The minimum absolute atomic E-state index is 0.0716. The Kier molecular flexibility index (Phi) is 7.26. The lowest BCUT2D eigenvalue weighted by molar-refractivity contribution is -0.0471. The van der Waals surface area contributed by atoms with Crippen molar-refractivity contribution < 1.29 is 13.5 Å². The molecule has 0 spiro atoms. The maximum atomic E-state index is 13.4. The number of halogens is 2. The summed E-state index contributed by atoms with van der Waals surface area (Å²) in [6.45, 7) is 7.17. The highest BCUT2D eigenvalue weighted by atomic mass is 19.2. The first-order chi connectivity index (χ1) is 10.0. The Morgan fingerprint density at radius 1 is 1.14 bits per heavy atom. The Labute approximate surface area is 126 Å². The van der Waals surface area contributed by atoms with Crippen LogP contribution in [0.2, 0.25) is 0 Å². The van der Waals surface area contributed by atoms with E-state index in [4.69, 9.17) is 4.74 Å². The van der Waals surface area contributed by atoms with Crippen LogP contribution in [0.15, 0.2) is 18.2 Å². The van der Waals surface area contributed by atoms with Gasteiger partial charge in [-0.05, 0) is 49.9 Å². The highest BCUT2D eigenvalue weighted by Gasteiger charge is 2.35. The van der Waals surface area contributed by atoms with Crippen molar-refractivity contribution in [1.82, 2.24) is 5.32 Å². The van der Waals surface area contributed by atoms with Crippen LogP contribution in [-0.2, 0) is 11.2 Å². The van der Waals surface area contributed by atoms with Gasteiger partial charge in [-0.15, -0.1) is 0 Å². The highest BCUT2D eigenvalue weighted by molar-refractivity contribution is 5.20. The number of rotatable bonds is 9. The minimum atomic E-state index is -0.805. The summed E-state index contributed by atoms with van der Waals surface area (Å²) < 4.78 is 32.2. The molecule has 1 aromatic rings. The molecule has 0 saturated heterocycles. The molecular formula is C17H27F2NO. The van der Waals surface area contributed by atoms with Gasteiger partial charge in [0.15, 0.2) is 11.6 Å². The van der Waals surface area contributed by atoms with E-state index in [2.05, 4.69) is 26.1 Å². The molecule has 0 saturated carbocycles. The maximum Gasteiger partial charge on any atom is 0.159 e. The normalized spacial score (nSPS) is 13.4. The molecule has 0 aliphatic carbocycles. The fraction of sp³-hybridized carbons (Fsp3) is 0.647. The average Bonchev–Trinajstić information content (AvgIpc) is 2.50. The van der Waals surface area contributed by atoms with Crippen LogP contribution in [0.25, 0.3) is 0 Å². The van der Waals surface area contributed by atoms with Crippen molar-refractivity contribution in [2.45, 2.75) is 58.1 Å². The van der Waals surface area contributed by atoms with Gasteiger partial charge < -0.3 is 10.1 Å². The van der Waals surface area contributed by atoms with Crippen molar-refractivity contribution in [2.24, 2.45) is 0 Å². The van der Waals surface area contributed by atoms with E-state index in [1.807, 2.05) is 0 Å². The van der Waals surface area contributed by atoms with Crippen molar-refractivity contribution >= 4 is 0 Å². The van der Waals surface area contributed by atoms with Crippen LogP contribution < -0.4 is 5.32 Å². The van der Waals surface area contributed by atoms with Gasteiger partial charge in [0.2, 0.25) is 0 Å². The average molecular weight is 299 g/mol. The van der Waals surface area contributed by atoms with Crippen molar-refractivity contribution in [1.29, 1.82) is 0 Å². The van der Waals surface area contributed by atoms with E-state index in [-0.39, 0.29) is 11.6 Å². The first-order valence-corrected chi connectivity index (χ1v) is 7.75. The second kappa shape index (κ2) is 8.44. The number of hydrogen-bond donors (Lipinski definition) is 1. The largest absolute Gasteiger partial charge is 0.377 e. The molecule has 4 heteroatoms. The zero-order chi connectivity index (χ0) is 15.9. The number of ether oxygens (including phenoxy) is 1. The molecule has 0 aliphatic rings. The van der Waals surface area contributed by atoms with Crippen LogP contribution in [0.5, 0.6) is 0 Å². The first kappa shape index (κ1) is 18.1. The molecule has 1 rings (SSSR count). The third-order valence-electron chi connectivity index (χ3n) is 4.30. The fourth-order valence-corrected chi connectivity index (χ4v) is 2.84. The van der Waals surface area contributed by atoms with E-state index < -0.39 is 11.6 Å². The van der Waals surface area contributed by atoms with Gasteiger partial charge >= 0.3 is 0 Å². The number of methoxy groups -OCH3 is 1. The summed E-state index contributed by atoms with van der Waals surface area (Å²) in [5.41, 5.74) is 0.492. The second-order valence-electron chi connectivity index (χ2n) is 5.44. The van der Waals surface area contributed by atoms with Crippen LogP contribution in [0.1, 0.15) is 45.6 Å². The Hall–Kier alpha value is -1.00. The maximum absolute atomic E-state index is 13.4. The van der Waals surface area contributed by atoms with Gasteiger partial charge in [0.1, 0.15) is 0 Å². The van der Waals surface area contributed by atoms with Crippen LogP contribution in [0.3, 0.4) is 0 Å². The summed E-state index contributed by atoms with van der Waals surface area (Å²) in [6, 6.07) is 4.18. The molecule has 21 heavy (non-hydrogen) atoms. The molecule has 0 bridgehead atoms. The van der Waals surface area contributed by atoms with Gasteiger partial charge in [-0.25, -0.2) is 8.78 Å². The summed E-state index contributed by atoms with van der Waals surface area (Å²) in [5, 5.41) is 3.50. The molecule has 1 N–H and O–H groups in total. The fourth-order valence-electron chi connectivity index (χ4n) is 2.84. The van der Waals surface area contributed by atoms with E-state index in [0.29, 0.717) is 6.42 Å². The second-order valence-corrected chi connectivity index (χ2v) is 5.44. The van der Waals surface area contributed by atoms with Crippen LogP contribution >= 0.6 is 0 Å². The van der Waals surface area contributed by atoms with Crippen molar-refractivity contribution in [3.8, 4) is 0 Å². The number of nitrogens with one attached hydrogen (secondary N) is 1. The van der Waals surface area contributed by atoms with E-state index in [9.17, 15) is 8.78 Å². The Morgan fingerprint density at radius 3 is 2.29 bits per heavy atom. The molecule has 0 radical (unpaired) electrons. The quantitative estimate of drug-likeness (QED) is 0.742. The predicted molar refractivity (Wildman–Crippen MR) is 82.5 cm³/mol. The van der Waals surface area contributed by atoms with Crippen molar-refractivity contribution in [3.63, 3.8) is 0 Å². The van der Waals surface area contributed by atoms with Crippen molar-refractivity contribution in [2.75, 3.05) is 13.7 Å². The molecule has 0 amide bonds. The minimum Gasteiger partial charge on any atom is -0.377 e. The van der Waals surface area contributed by atoms with E-state index in [1.54, 1.807) is 13.2 Å². The number of benzene rings is 1. The topological polar surface area (TPSA) is 21.3 Å². The summed E-state index contributed by atoms with van der Waals surface area (Å²) in [4.78, 5) is 0. The summed E-state index contributed by atoms with van der Waals surface area (Å²) in [7, 11) is 1.72. The molecule has 0 aromatic heterocycles. The molecule has 0 aliphatic heterocycles. The molecular weight excluding hydrogens is 272 g/mol. The van der Waals surface area contributed by atoms with Crippen molar-refractivity contribution in [3.05, 3.63) is 35.4 Å². The lowest BCUT2D eigenvalue weighted by atomic mass is 9.84. The molecule has 0 fully saturated rings. The SMILES string of the molecule is CCCNC(Cc1ccc(F)c(F)c1)C(CC)(CC)OC. The molecule has 1 atom stereocenters. The first-order valence-electron chi connectivity index (χ1n) is 7.75. The predicted octanol–water partition coefficient (Wildman–Crippen LogP) is 4.08. The van der Waals surface area contributed by atoms with Gasteiger partial charge in [-0.1, -0.05) is 26.8 Å². The van der Waals surface area contributed by atoms with Crippen LogP contribution in [-0.4, -0.2) is 25.3 Å². The Balaban J connectivity index is 2.98. The van der Waals surface area contributed by atoms with E-state index in [1.165, 1.54) is 12.1 Å². The van der Waals surface area contributed by atoms with Gasteiger partial charge in [0.05, 0.1) is 5.60 Å². The molecule has 0 heterocycles. The molecule has 120 valence electrons. The zero-order valence-corrected chi connectivity index (χ0v) is 13.5.